The number of hydrogen-bond acceptors (Lipinski definition) is 3. The minimum atomic E-state index is 0.411. The van der Waals surface area contributed by atoms with E-state index in [1.54, 1.807) is 0 Å². The molecule has 2 heterocycles. The second-order valence-corrected chi connectivity index (χ2v) is 3.27. The summed E-state index contributed by atoms with van der Waals surface area (Å²) in [5.74, 6) is 0.756. The third kappa shape index (κ3) is 0.944. The summed E-state index contributed by atoms with van der Waals surface area (Å²) in [6.07, 6.45) is 2.42. The first-order chi connectivity index (χ1) is 4.88. The van der Waals surface area contributed by atoms with Crippen molar-refractivity contribution in [1.82, 2.24) is 10.4 Å². The molecular formula is C7H14N2O. The number of piperidine rings is 1. The zero-order chi connectivity index (χ0) is 6.97. The van der Waals surface area contributed by atoms with Crippen LogP contribution in [0.4, 0.5) is 0 Å². The summed E-state index contributed by atoms with van der Waals surface area (Å²) in [5.41, 5.74) is 0. The minimum absolute atomic E-state index is 0.411. The van der Waals surface area contributed by atoms with Crippen molar-refractivity contribution >= 4 is 0 Å². The van der Waals surface area contributed by atoms with Gasteiger partial charge in [-0.05, 0) is 25.3 Å². The highest BCUT2D eigenvalue weighted by Crippen LogP contribution is 2.26. The summed E-state index contributed by atoms with van der Waals surface area (Å²) in [7, 11) is 0. The van der Waals surface area contributed by atoms with Crippen LogP contribution < -0.4 is 5.32 Å². The lowest BCUT2D eigenvalue weighted by Crippen LogP contribution is -2.44. The second kappa shape index (κ2) is 2.49. The summed E-state index contributed by atoms with van der Waals surface area (Å²) in [4.78, 5) is 0. The minimum Gasteiger partial charge on any atom is -0.315 e. The first kappa shape index (κ1) is 6.58. The van der Waals surface area contributed by atoms with Gasteiger partial charge in [-0.15, -0.1) is 0 Å². The maximum Gasteiger partial charge on any atom is 0.0503 e. The van der Waals surface area contributed by atoms with Crippen LogP contribution in [0.1, 0.15) is 12.8 Å². The van der Waals surface area contributed by atoms with Crippen molar-refractivity contribution in [3.05, 3.63) is 0 Å². The molecule has 2 saturated heterocycles. The van der Waals surface area contributed by atoms with Gasteiger partial charge in [-0.3, -0.25) is 0 Å². The fourth-order valence-electron chi connectivity index (χ4n) is 2.05. The van der Waals surface area contributed by atoms with E-state index in [-0.39, 0.29) is 0 Å². The molecule has 0 aromatic rings. The van der Waals surface area contributed by atoms with Crippen LogP contribution in [-0.4, -0.2) is 35.9 Å². The number of fused-ring (bicyclic) bond motifs is 1. The molecule has 0 aromatic heterocycles. The Kier molecular flexibility index (Phi) is 1.64. The second-order valence-electron chi connectivity index (χ2n) is 3.27. The van der Waals surface area contributed by atoms with Crippen molar-refractivity contribution < 1.29 is 5.21 Å². The normalized spacial score (nSPS) is 41.7. The standard InChI is InChI=1S/C7H14N2O/c10-9-4-2-6-1-3-8-5-7(6)9/h6-8,10H,1-5H2. The van der Waals surface area contributed by atoms with E-state index >= 15 is 0 Å². The molecule has 2 N–H and O–H groups in total. The van der Waals surface area contributed by atoms with Gasteiger partial charge in [-0.25, -0.2) is 0 Å². The third-order valence-corrected chi connectivity index (χ3v) is 2.70. The SMILES string of the molecule is ON1CCC2CCNCC21. The highest BCUT2D eigenvalue weighted by atomic mass is 16.5. The Balaban J connectivity index is 2.01. The van der Waals surface area contributed by atoms with Gasteiger partial charge in [0, 0.05) is 13.1 Å². The first-order valence-corrected chi connectivity index (χ1v) is 4.04. The van der Waals surface area contributed by atoms with E-state index in [1.807, 2.05) is 0 Å². The van der Waals surface area contributed by atoms with E-state index in [0.29, 0.717) is 6.04 Å². The van der Waals surface area contributed by atoms with Crippen molar-refractivity contribution in [1.29, 1.82) is 0 Å². The molecule has 58 valence electrons. The maximum atomic E-state index is 9.32. The Morgan fingerprint density at radius 2 is 2.30 bits per heavy atom. The Hall–Kier alpha value is -0.120. The van der Waals surface area contributed by atoms with Crippen molar-refractivity contribution in [2.75, 3.05) is 19.6 Å². The molecule has 0 aliphatic carbocycles. The van der Waals surface area contributed by atoms with Crippen molar-refractivity contribution in [3.63, 3.8) is 0 Å². The Morgan fingerprint density at radius 1 is 1.40 bits per heavy atom. The van der Waals surface area contributed by atoms with E-state index in [2.05, 4.69) is 5.32 Å². The van der Waals surface area contributed by atoms with Crippen LogP contribution in [0.3, 0.4) is 0 Å². The monoisotopic (exact) mass is 142 g/mol. The molecule has 0 amide bonds. The summed E-state index contributed by atoms with van der Waals surface area (Å²) >= 11 is 0. The topological polar surface area (TPSA) is 35.5 Å². The Labute approximate surface area is 61.0 Å². The molecule has 3 heteroatoms. The number of rotatable bonds is 0. The van der Waals surface area contributed by atoms with E-state index in [4.69, 9.17) is 0 Å². The van der Waals surface area contributed by atoms with Crippen LogP contribution in [0, 0.1) is 5.92 Å². The fraction of sp³-hybridized carbons (Fsp3) is 1.00. The fourth-order valence-corrected chi connectivity index (χ4v) is 2.05. The molecule has 10 heavy (non-hydrogen) atoms. The molecule has 0 bridgehead atoms. The predicted octanol–water partition coefficient (Wildman–Crippen LogP) is 0.0594. The largest absolute Gasteiger partial charge is 0.315 e. The summed E-state index contributed by atoms with van der Waals surface area (Å²) in [6, 6.07) is 0.411. The van der Waals surface area contributed by atoms with Crippen LogP contribution in [-0.2, 0) is 0 Å². The Bertz CT molecular complexity index is 127. The van der Waals surface area contributed by atoms with Gasteiger partial charge >= 0.3 is 0 Å². The van der Waals surface area contributed by atoms with Gasteiger partial charge in [-0.2, -0.15) is 5.06 Å². The average molecular weight is 142 g/mol. The van der Waals surface area contributed by atoms with Crippen molar-refractivity contribution in [2.24, 2.45) is 5.92 Å². The van der Waals surface area contributed by atoms with Gasteiger partial charge in [0.05, 0.1) is 6.04 Å². The van der Waals surface area contributed by atoms with Crippen LogP contribution in [0.25, 0.3) is 0 Å². The lowest BCUT2D eigenvalue weighted by molar-refractivity contribution is -0.110. The number of nitrogens with zero attached hydrogens (tertiary/aromatic N) is 1. The van der Waals surface area contributed by atoms with Crippen LogP contribution >= 0.6 is 0 Å². The molecule has 2 aliphatic rings. The number of hydroxylamine groups is 2. The average Bonchev–Trinajstić information content (AvgIpc) is 2.34. The van der Waals surface area contributed by atoms with Crippen molar-refractivity contribution in [3.8, 4) is 0 Å². The molecule has 0 aromatic carbocycles. The van der Waals surface area contributed by atoms with Crippen LogP contribution in [0.5, 0.6) is 0 Å². The lowest BCUT2D eigenvalue weighted by atomic mass is 9.94. The lowest BCUT2D eigenvalue weighted by Gasteiger charge is -2.28. The van der Waals surface area contributed by atoms with E-state index in [9.17, 15) is 5.21 Å². The van der Waals surface area contributed by atoms with Gasteiger partial charge in [0.25, 0.3) is 0 Å². The molecule has 0 spiro atoms. The predicted molar refractivity (Wildman–Crippen MR) is 37.9 cm³/mol. The molecule has 2 unspecified atom stereocenters. The Morgan fingerprint density at radius 3 is 3.10 bits per heavy atom. The number of hydrogen-bond donors (Lipinski definition) is 2. The van der Waals surface area contributed by atoms with Crippen LogP contribution in [0.2, 0.25) is 0 Å². The van der Waals surface area contributed by atoms with Gasteiger partial charge < -0.3 is 10.5 Å². The van der Waals surface area contributed by atoms with E-state index in [1.165, 1.54) is 17.9 Å². The van der Waals surface area contributed by atoms with Crippen LogP contribution in [0.15, 0.2) is 0 Å². The molecule has 2 atom stereocenters. The summed E-state index contributed by atoms with van der Waals surface area (Å²) < 4.78 is 0. The molecule has 0 radical (unpaired) electrons. The van der Waals surface area contributed by atoms with Gasteiger partial charge in [-0.1, -0.05) is 0 Å². The zero-order valence-electron chi connectivity index (χ0n) is 6.08. The highest BCUT2D eigenvalue weighted by molar-refractivity contribution is 4.87. The van der Waals surface area contributed by atoms with Gasteiger partial charge in [0.2, 0.25) is 0 Å². The molecule has 3 nitrogen and oxygen atoms in total. The first-order valence-electron chi connectivity index (χ1n) is 4.04. The zero-order valence-corrected chi connectivity index (χ0v) is 6.08. The van der Waals surface area contributed by atoms with E-state index in [0.717, 1.165) is 25.6 Å². The highest BCUT2D eigenvalue weighted by Gasteiger charge is 2.34. The van der Waals surface area contributed by atoms with E-state index < -0.39 is 0 Å². The van der Waals surface area contributed by atoms with Crippen molar-refractivity contribution in [2.45, 2.75) is 18.9 Å². The number of nitrogens with one attached hydrogen (secondary N) is 1. The maximum absolute atomic E-state index is 9.32. The molecule has 2 fully saturated rings. The third-order valence-electron chi connectivity index (χ3n) is 2.70. The van der Waals surface area contributed by atoms with Gasteiger partial charge in [0.1, 0.15) is 0 Å². The molecule has 2 aliphatic heterocycles. The summed E-state index contributed by atoms with van der Waals surface area (Å²) in [5, 5.41) is 14.1. The quantitative estimate of drug-likeness (QED) is 0.502. The molecule has 2 rings (SSSR count). The summed E-state index contributed by atoms with van der Waals surface area (Å²) in [6.45, 7) is 2.98. The molecular weight excluding hydrogens is 128 g/mol. The molecule has 0 saturated carbocycles. The smallest absolute Gasteiger partial charge is 0.0503 e. The van der Waals surface area contributed by atoms with Gasteiger partial charge in [0.15, 0.2) is 0 Å².